The van der Waals surface area contributed by atoms with E-state index in [-0.39, 0.29) is 5.91 Å². The quantitative estimate of drug-likeness (QED) is 0.839. The molecule has 0 bridgehead atoms. The molecule has 1 aromatic rings. The van der Waals surface area contributed by atoms with E-state index in [1.807, 2.05) is 0 Å². The van der Waals surface area contributed by atoms with Gasteiger partial charge in [-0.25, -0.2) is 8.42 Å². The molecule has 1 heterocycles. The monoisotopic (exact) mass is 311 g/mol. The summed E-state index contributed by atoms with van der Waals surface area (Å²) < 4.78 is 26.3. The molecule has 1 saturated heterocycles. The van der Waals surface area contributed by atoms with Crippen LogP contribution < -0.4 is 5.32 Å². The summed E-state index contributed by atoms with van der Waals surface area (Å²) in [5.74, 6) is 0.0705. The topological polar surface area (TPSA) is 69.7 Å². The van der Waals surface area contributed by atoms with Gasteiger partial charge in [-0.05, 0) is 19.2 Å². The summed E-state index contributed by atoms with van der Waals surface area (Å²) >= 11 is 0. The maximum atomic E-state index is 12.4. The third-order valence-corrected chi connectivity index (χ3v) is 5.47. The third-order valence-electron chi connectivity index (χ3n) is 3.56. The highest BCUT2D eigenvalue weighted by Crippen LogP contribution is 2.17. The lowest BCUT2D eigenvalue weighted by Crippen LogP contribution is -2.50. The molecule has 0 unspecified atom stereocenters. The molecule has 0 saturated carbocycles. The van der Waals surface area contributed by atoms with Crippen molar-refractivity contribution in [3.05, 3.63) is 30.3 Å². The minimum Gasteiger partial charge on any atom is -0.340 e. The second-order valence-electron chi connectivity index (χ2n) is 4.95. The Balaban J connectivity index is 1.96. The van der Waals surface area contributed by atoms with Gasteiger partial charge in [0.2, 0.25) is 15.9 Å². The molecule has 6 nitrogen and oxygen atoms in total. The van der Waals surface area contributed by atoms with Crippen LogP contribution in [0.25, 0.3) is 0 Å². The first-order chi connectivity index (χ1) is 10.1. The molecule has 0 aliphatic carbocycles. The van der Waals surface area contributed by atoms with Gasteiger partial charge in [-0.3, -0.25) is 4.79 Å². The Bertz CT molecular complexity index is 566. The normalized spacial score (nSPS) is 16.9. The van der Waals surface area contributed by atoms with Crippen molar-refractivity contribution in [1.82, 2.24) is 14.5 Å². The lowest BCUT2D eigenvalue weighted by atomic mass is 10.3. The van der Waals surface area contributed by atoms with E-state index in [4.69, 9.17) is 0 Å². The zero-order chi connectivity index (χ0) is 15.3. The van der Waals surface area contributed by atoms with Gasteiger partial charge in [-0.15, -0.1) is 0 Å². The summed E-state index contributed by atoms with van der Waals surface area (Å²) in [6, 6.07) is 8.41. The number of carbonyl (C=O) groups is 1. The van der Waals surface area contributed by atoms with E-state index in [0.29, 0.717) is 44.0 Å². The number of hydrogen-bond acceptors (Lipinski definition) is 4. The van der Waals surface area contributed by atoms with Gasteiger partial charge in [0.1, 0.15) is 0 Å². The predicted molar refractivity (Wildman–Crippen MR) is 80.3 cm³/mol. The zero-order valence-corrected chi connectivity index (χ0v) is 13.0. The molecule has 0 spiro atoms. The van der Waals surface area contributed by atoms with Gasteiger partial charge in [-0.2, -0.15) is 4.31 Å². The minimum absolute atomic E-state index is 0.0705. The Morgan fingerprint density at radius 3 is 2.33 bits per heavy atom. The Morgan fingerprint density at radius 2 is 1.76 bits per heavy atom. The van der Waals surface area contributed by atoms with Gasteiger partial charge in [0.05, 0.1) is 4.90 Å². The van der Waals surface area contributed by atoms with Gasteiger partial charge in [0, 0.05) is 39.1 Å². The molecule has 1 N–H and O–H groups in total. The number of carbonyl (C=O) groups excluding carboxylic acids is 1. The summed E-state index contributed by atoms with van der Waals surface area (Å²) in [6.45, 7) is 2.25. The second-order valence-corrected chi connectivity index (χ2v) is 6.89. The van der Waals surface area contributed by atoms with Crippen LogP contribution in [0.4, 0.5) is 0 Å². The number of nitrogens with zero attached hydrogens (tertiary/aromatic N) is 2. The summed E-state index contributed by atoms with van der Waals surface area (Å²) in [7, 11) is -1.64. The van der Waals surface area contributed by atoms with Crippen molar-refractivity contribution in [3.8, 4) is 0 Å². The van der Waals surface area contributed by atoms with E-state index in [1.54, 1.807) is 42.3 Å². The molecule has 0 aromatic heterocycles. The van der Waals surface area contributed by atoms with E-state index in [2.05, 4.69) is 5.32 Å². The minimum atomic E-state index is -3.45. The largest absolute Gasteiger partial charge is 0.340 e. The smallest absolute Gasteiger partial charge is 0.243 e. The average molecular weight is 311 g/mol. The molecule has 1 aliphatic rings. The first-order valence-corrected chi connectivity index (χ1v) is 8.47. The molecular weight excluding hydrogens is 290 g/mol. The summed E-state index contributed by atoms with van der Waals surface area (Å²) in [5.41, 5.74) is 0. The van der Waals surface area contributed by atoms with Gasteiger partial charge in [0.15, 0.2) is 0 Å². The van der Waals surface area contributed by atoms with Crippen molar-refractivity contribution in [2.45, 2.75) is 11.3 Å². The molecule has 1 aliphatic heterocycles. The van der Waals surface area contributed by atoms with Gasteiger partial charge in [0.25, 0.3) is 0 Å². The van der Waals surface area contributed by atoms with Crippen LogP contribution in [0.1, 0.15) is 6.42 Å². The van der Waals surface area contributed by atoms with Crippen molar-refractivity contribution >= 4 is 15.9 Å². The number of sulfonamides is 1. The van der Waals surface area contributed by atoms with Crippen LogP contribution in [-0.4, -0.2) is 63.3 Å². The van der Waals surface area contributed by atoms with E-state index in [0.717, 1.165) is 0 Å². The fourth-order valence-electron chi connectivity index (χ4n) is 2.31. The first-order valence-electron chi connectivity index (χ1n) is 7.03. The second kappa shape index (κ2) is 7.02. The van der Waals surface area contributed by atoms with Crippen LogP contribution in [0, 0.1) is 0 Å². The van der Waals surface area contributed by atoms with E-state index < -0.39 is 10.0 Å². The van der Waals surface area contributed by atoms with Crippen LogP contribution >= 0.6 is 0 Å². The highest BCUT2D eigenvalue weighted by atomic mass is 32.2. The van der Waals surface area contributed by atoms with E-state index in [1.165, 1.54) is 4.31 Å². The molecule has 1 fully saturated rings. The van der Waals surface area contributed by atoms with Crippen LogP contribution in [0.2, 0.25) is 0 Å². The average Bonchev–Trinajstić information content (AvgIpc) is 2.53. The fraction of sp³-hybridized carbons (Fsp3) is 0.500. The molecule has 21 heavy (non-hydrogen) atoms. The zero-order valence-electron chi connectivity index (χ0n) is 12.2. The van der Waals surface area contributed by atoms with Crippen molar-refractivity contribution in [2.24, 2.45) is 0 Å². The number of piperazine rings is 1. The highest BCUT2D eigenvalue weighted by molar-refractivity contribution is 7.89. The summed E-state index contributed by atoms with van der Waals surface area (Å²) in [6.07, 6.45) is 0.446. The summed E-state index contributed by atoms with van der Waals surface area (Å²) in [4.78, 5) is 13.9. The van der Waals surface area contributed by atoms with Crippen LogP contribution in [0.15, 0.2) is 35.2 Å². The molecule has 0 radical (unpaired) electrons. The van der Waals surface area contributed by atoms with Crippen LogP contribution in [-0.2, 0) is 14.8 Å². The lowest BCUT2D eigenvalue weighted by molar-refractivity contribution is -0.132. The van der Waals surface area contributed by atoms with Crippen LogP contribution in [0.5, 0.6) is 0 Å². The van der Waals surface area contributed by atoms with Crippen molar-refractivity contribution < 1.29 is 13.2 Å². The Hall–Kier alpha value is -1.44. The fourth-order valence-corrected chi connectivity index (χ4v) is 3.75. The number of rotatable bonds is 5. The maximum Gasteiger partial charge on any atom is 0.243 e. The number of benzene rings is 1. The number of nitrogens with one attached hydrogen (secondary N) is 1. The molecule has 0 atom stereocenters. The SMILES string of the molecule is CNCCC(=O)N1CCN(S(=O)(=O)c2ccccc2)CC1. The predicted octanol–water partition coefficient (Wildman–Crippen LogP) is 0.129. The Labute approximate surface area is 125 Å². The van der Waals surface area contributed by atoms with E-state index in [9.17, 15) is 13.2 Å². The molecular formula is C14H21N3O3S. The standard InChI is InChI=1S/C14H21N3O3S/c1-15-8-7-14(18)16-9-11-17(12-10-16)21(19,20)13-5-3-2-4-6-13/h2-6,15H,7-12H2,1H3. The molecule has 7 heteroatoms. The Kier molecular flexibility index (Phi) is 5.33. The van der Waals surface area contributed by atoms with Crippen molar-refractivity contribution in [1.29, 1.82) is 0 Å². The van der Waals surface area contributed by atoms with Crippen molar-refractivity contribution in [2.75, 3.05) is 39.8 Å². The highest BCUT2D eigenvalue weighted by Gasteiger charge is 2.29. The van der Waals surface area contributed by atoms with Gasteiger partial charge >= 0.3 is 0 Å². The molecule has 116 valence electrons. The van der Waals surface area contributed by atoms with Gasteiger partial charge in [-0.1, -0.05) is 18.2 Å². The number of hydrogen-bond donors (Lipinski definition) is 1. The van der Waals surface area contributed by atoms with Crippen molar-refractivity contribution in [3.63, 3.8) is 0 Å². The van der Waals surface area contributed by atoms with Gasteiger partial charge < -0.3 is 10.2 Å². The molecule has 2 rings (SSSR count). The molecule has 1 amide bonds. The maximum absolute atomic E-state index is 12.4. The molecule has 1 aromatic carbocycles. The first kappa shape index (κ1) is 15.9. The van der Waals surface area contributed by atoms with E-state index >= 15 is 0 Å². The summed E-state index contributed by atoms with van der Waals surface area (Å²) in [5, 5.41) is 2.94. The Morgan fingerprint density at radius 1 is 1.14 bits per heavy atom. The number of amides is 1. The van der Waals surface area contributed by atoms with Crippen LogP contribution in [0.3, 0.4) is 0 Å². The third kappa shape index (κ3) is 3.81. The lowest BCUT2D eigenvalue weighted by Gasteiger charge is -2.34.